The van der Waals surface area contributed by atoms with Gasteiger partial charge in [0.2, 0.25) is 21.2 Å². The number of pyridine rings is 1. The molecular weight excluding hydrogens is 534 g/mol. The largest absolute Gasteiger partial charge is 0.477 e. The van der Waals surface area contributed by atoms with Crippen LogP contribution < -0.4 is 10.3 Å². The molecular formula is C23H26ClN9O4S. The molecule has 5 rings (SSSR count). The molecule has 0 amide bonds. The van der Waals surface area contributed by atoms with E-state index in [1.165, 1.54) is 33.6 Å². The molecule has 1 aliphatic heterocycles. The second-order valence-corrected chi connectivity index (χ2v) is 10.9. The number of sulfonamides is 1. The second kappa shape index (κ2) is 10.4. The minimum absolute atomic E-state index is 0.0128. The van der Waals surface area contributed by atoms with Crippen molar-refractivity contribution in [3.05, 3.63) is 40.3 Å². The van der Waals surface area contributed by atoms with Crippen molar-refractivity contribution >= 4 is 32.7 Å². The molecule has 0 atom stereocenters. The number of nitrogens with zero attached hydrogens (tertiary/aromatic N) is 8. The van der Waals surface area contributed by atoms with Crippen molar-refractivity contribution in [1.82, 2.24) is 43.9 Å². The first-order valence-electron chi connectivity index (χ1n) is 12.0. The summed E-state index contributed by atoms with van der Waals surface area (Å²) >= 11 is 5.84. The molecule has 38 heavy (non-hydrogen) atoms. The van der Waals surface area contributed by atoms with Crippen LogP contribution in [0.4, 0.5) is 0 Å². The van der Waals surface area contributed by atoms with Crippen molar-refractivity contribution in [1.29, 1.82) is 0 Å². The fraction of sp³-hybridized carbons (Fsp3) is 0.391. The van der Waals surface area contributed by atoms with Gasteiger partial charge in [-0.15, -0.1) is 0 Å². The SMILES string of the molecule is CCOc1ncc(S(=O)(=O)N2CCN(CC)CC2)cc1-c1nc2c(-c3cnc(Cl)nc3)n(C)nc2c(=O)[nH]1. The van der Waals surface area contributed by atoms with Gasteiger partial charge in [-0.1, -0.05) is 6.92 Å². The molecule has 0 aliphatic carbocycles. The molecule has 5 heterocycles. The van der Waals surface area contributed by atoms with E-state index in [1.807, 2.05) is 6.92 Å². The Morgan fingerprint density at radius 1 is 1.05 bits per heavy atom. The maximum atomic E-state index is 13.5. The van der Waals surface area contributed by atoms with Crippen LogP contribution in [0.5, 0.6) is 5.88 Å². The summed E-state index contributed by atoms with van der Waals surface area (Å²) in [4.78, 5) is 34.9. The first kappa shape index (κ1) is 26.2. The van der Waals surface area contributed by atoms with Crippen LogP contribution in [-0.4, -0.2) is 91.7 Å². The van der Waals surface area contributed by atoms with Gasteiger partial charge in [0.25, 0.3) is 5.56 Å². The van der Waals surface area contributed by atoms with E-state index < -0.39 is 15.6 Å². The Labute approximate surface area is 223 Å². The monoisotopic (exact) mass is 559 g/mol. The van der Waals surface area contributed by atoms with Gasteiger partial charge in [0.15, 0.2) is 5.52 Å². The van der Waals surface area contributed by atoms with E-state index in [0.29, 0.717) is 37.4 Å². The highest BCUT2D eigenvalue weighted by molar-refractivity contribution is 7.89. The number of piperazine rings is 1. The predicted octanol–water partition coefficient (Wildman–Crippen LogP) is 1.55. The van der Waals surface area contributed by atoms with Crippen molar-refractivity contribution in [3.63, 3.8) is 0 Å². The number of ether oxygens (including phenoxy) is 1. The number of nitrogens with one attached hydrogen (secondary N) is 1. The zero-order valence-electron chi connectivity index (χ0n) is 21.0. The van der Waals surface area contributed by atoms with Gasteiger partial charge in [-0.25, -0.2) is 28.4 Å². The number of aromatic nitrogens is 7. The number of hydrogen-bond donors (Lipinski definition) is 1. The van der Waals surface area contributed by atoms with Gasteiger partial charge in [0, 0.05) is 51.2 Å². The fourth-order valence-corrected chi connectivity index (χ4v) is 5.89. The Bertz CT molecular complexity index is 1650. The van der Waals surface area contributed by atoms with Crippen molar-refractivity contribution in [2.45, 2.75) is 18.7 Å². The van der Waals surface area contributed by atoms with E-state index in [4.69, 9.17) is 16.3 Å². The molecule has 0 spiro atoms. The van der Waals surface area contributed by atoms with Crippen LogP contribution in [0.25, 0.3) is 33.7 Å². The normalized spacial score (nSPS) is 15.3. The molecule has 0 unspecified atom stereocenters. The lowest BCUT2D eigenvalue weighted by molar-refractivity contribution is 0.196. The lowest BCUT2D eigenvalue weighted by atomic mass is 10.2. The van der Waals surface area contributed by atoms with Crippen LogP contribution in [-0.2, 0) is 17.1 Å². The zero-order chi connectivity index (χ0) is 27.0. The van der Waals surface area contributed by atoms with Crippen LogP contribution in [0.3, 0.4) is 0 Å². The third-order valence-electron chi connectivity index (χ3n) is 6.37. The molecule has 15 heteroatoms. The van der Waals surface area contributed by atoms with Gasteiger partial charge in [-0.3, -0.25) is 9.48 Å². The van der Waals surface area contributed by atoms with Gasteiger partial charge in [0.1, 0.15) is 16.2 Å². The summed E-state index contributed by atoms with van der Waals surface area (Å²) in [5.74, 6) is 0.237. The molecule has 0 bridgehead atoms. The van der Waals surface area contributed by atoms with E-state index >= 15 is 0 Å². The molecule has 200 valence electrons. The number of aromatic amines is 1. The first-order valence-corrected chi connectivity index (χ1v) is 13.8. The Morgan fingerprint density at radius 3 is 2.42 bits per heavy atom. The summed E-state index contributed by atoms with van der Waals surface area (Å²) in [5.41, 5.74) is 1.16. The van der Waals surface area contributed by atoms with Gasteiger partial charge in [-0.05, 0) is 31.1 Å². The molecule has 1 N–H and O–H groups in total. The highest BCUT2D eigenvalue weighted by atomic mass is 35.5. The van der Waals surface area contributed by atoms with Crippen molar-refractivity contribution in [2.75, 3.05) is 39.3 Å². The summed E-state index contributed by atoms with van der Waals surface area (Å²) in [7, 11) is -2.17. The summed E-state index contributed by atoms with van der Waals surface area (Å²) < 4.78 is 35.6. The lowest BCUT2D eigenvalue weighted by Crippen LogP contribution is -2.48. The Kier molecular flexibility index (Phi) is 7.13. The van der Waals surface area contributed by atoms with E-state index in [-0.39, 0.29) is 45.1 Å². The van der Waals surface area contributed by atoms with E-state index in [9.17, 15) is 13.2 Å². The third-order valence-corrected chi connectivity index (χ3v) is 8.42. The fourth-order valence-electron chi connectivity index (χ4n) is 4.39. The molecule has 4 aromatic rings. The maximum Gasteiger partial charge on any atom is 0.279 e. The molecule has 13 nitrogen and oxygen atoms in total. The van der Waals surface area contributed by atoms with E-state index in [0.717, 1.165) is 6.54 Å². The average Bonchev–Trinajstić information content (AvgIpc) is 3.26. The molecule has 1 aliphatic rings. The first-order chi connectivity index (χ1) is 18.2. The molecule has 0 saturated carbocycles. The number of H-pyrrole nitrogens is 1. The minimum Gasteiger partial charge on any atom is -0.477 e. The second-order valence-electron chi connectivity index (χ2n) is 8.62. The standard InChI is InChI=1S/C23H26ClN9O4S/c1-4-32-6-8-33(9-7-32)38(35,36)15-10-16(22(25-13-15)37-5-2)20-28-17-18(21(34)29-20)30-31(3)19(17)14-11-26-23(24)27-12-14/h10-13H,4-9H2,1-3H3,(H,28,29,34). The average molecular weight is 560 g/mol. The van der Waals surface area contributed by atoms with Gasteiger partial charge in [0.05, 0.1) is 24.1 Å². The molecule has 4 aromatic heterocycles. The topological polar surface area (TPSA) is 152 Å². The van der Waals surface area contributed by atoms with Gasteiger partial charge < -0.3 is 14.6 Å². The van der Waals surface area contributed by atoms with Crippen molar-refractivity contribution in [3.8, 4) is 28.5 Å². The third kappa shape index (κ3) is 4.75. The van der Waals surface area contributed by atoms with Crippen LogP contribution >= 0.6 is 11.6 Å². The Hall–Kier alpha value is -3.46. The zero-order valence-corrected chi connectivity index (χ0v) is 22.6. The van der Waals surface area contributed by atoms with Crippen molar-refractivity contribution in [2.24, 2.45) is 7.05 Å². The van der Waals surface area contributed by atoms with Gasteiger partial charge in [-0.2, -0.15) is 9.40 Å². The quantitative estimate of drug-likeness (QED) is 0.330. The summed E-state index contributed by atoms with van der Waals surface area (Å²) in [5, 5.41) is 4.38. The molecule has 1 saturated heterocycles. The van der Waals surface area contributed by atoms with Crippen molar-refractivity contribution < 1.29 is 13.2 Å². The number of fused-ring (bicyclic) bond motifs is 1. The Morgan fingerprint density at radius 2 is 1.76 bits per heavy atom. The molecule has 0 aromatic carbocycles. The van der Waals surface area contributed by atoms with Crippen LogP contribution in [0, 0.1) is 0 Å². The molecule has 1 fully saturated rings. The molecule has 0 radical (unpaired) electrons. The van der Waals surface area contributed by atoms with Crippen LogP contribution in [0.2, 0.25) is 5.28 Å². The Balaban J connectivity index is 1.64. The highest BCUT2D eigenvalue weighted by Gasteiger charge is 2.30. The summed E-state index contributed by atoms with van der Waals surface area (Å²) in [6, 6.07) is 1.44. The number of hydrogen-bond acceptors (Lipinski definition) is 10. The smallest absolute Gasteiger partial charge is 0.279 e. The van der Waals surface area contributed by atoms with E-state index in [1.54, 1.807) is 14.0 Å². The highest BCUT2D eigenvalue weighted by Crippen LogP contribution is 2.31. The maximum absolute atomic E-state index is 13.5. The summed E-state index contributed by atoms with van der Waals surface area (Å²) in [6.07, 6.45) is 4.28. The van der Waals surface area contributed by atoms with E-state index in [2.05, 4.69) is 34.9 Å². The lowest BCUT2D eigenvalue weighted by Gasteiger charge is -2.33. The van der Waals surface area contributed by atoms with Gasteiger partial charge >= 0.3 is 0 Å². The number of likely N-dealkylation sites (N-methyl/N-ethyl adjacent to an activating group) is 1. The van der Waals surface area contributed by atoms with Crippen LogP contribution in [0.1, 0.15) is 13.8 Å². The number of rotatable bonds is 7. The number of aryl methyl sites for hydroxylation is 1. The number of halogens is 1. The minimum atomic E-state index is -3.84. The summed E-state index contributed by atoms with van der Waals surface area (Å²) in [6.45, 7) is 7.02. The predicted molar refractivity (Wildman–Crippen MR) is 140 cm³/mol. The van der Waals surface area contributed by atoms with Crippen LogP contribution in [0.15, 0.2) is 34.3 Å².